The molecular weight excluding hydrogens is 159 g/mol. The van der Waals surface area contributed by atoms with Crippen molar-refractivity contribution in [2.75, 3.05) is 0 Å². The average Bonchev–Trinajstić information content (AvgIpc) is 2.59. The third-order valence-corrected chi connectivity index (χ3v) is 0.838. The Bertz CT molecular complexity index is 237. The van der Waals surface area contributed by atoms with E-state index in [0.29, 0.717) is 0 Å². The van der Waals surface area contributed by atoms with E-state index in [1.54, 1.807) is 0 Å². The van der Waals surface area contributed by atoms with Crippen LogP contribution in [0.1, 0.15) is 0 Å². The van der Waals surface area contributed by atoms with Gasteiger partial charge in [-0.3, -0.25) is 0 Å². The zero-order chi connectivity index (χ0) is 6.81. The molecule has 11 heavy (non-hydrogen) atoms. The van der Waals surface area contributed by atoms with E-state index < -0.39 is 0 Å². The van der Waals surface area contributed by atoms with Crippen LogP contribution in [0.25, 0.3) is 0 Å². The summed E-state index contributed by atoms with van der Waals surface area (Å²) in [6, 6.07) is 0. The van der Waals surface area contributed by atoms with E-state index >= 15 is 0 Å². The van der Waals surface area contributed by atoms with Crippen molar-refractivity contribution in [3.63, 3.8) is 0 Å². The summed E-state index contributed by atoms with van der Waals surface area (Å²) in [5.74, 6) is 0.481. The minimum Gasteiger partial charge on any atom is -0.102 e. The standard InChI is InChI=1S/C2N8.Na/c3-1(4-8-7-3)2-5-9-10-6-2;. The van der Waals surface area contributed by atoms with Gasteiger partial charge in [0.05, 0.1) is 0 Å². The molecular formula is C2N8Na. The molecule has 49 valence electrons. The van der Waals surface area contributed by atoms with Crippen LogP contribution < -0.4 is 0 Å². The molecule has 0 aromatic heterocycles. The molecule has 0 saturated carbocycles. The zero-order valence-corrected chi connectivity index (χ0v) is 7.58. The summed E-state index contributed by atoms with van der Waals surface area (Å²) < 4.78 is 0. The van der Waals surface area contributed by atoms with E-state index in [1.165, 1.54) is 0 Å². The van der Waals surface area contributed by atoms with E-state index in [0.717, 1.165) is 0 Å². The van der Waals surface area contributed by atoms with Gasteiger partial charge in [0.15, 0.2) is 0 Å². The van der Waals surface area contributed by atoms with Crippen LogP contribution in [-0.4, -0.2) is 29.6 Å². The first-order chi connectivity index (χ1) is 4.97. The van der Waals surface area contributed by atoms with E-state index in [2.05, 4.69) is 41.4 Å². The van der Waals surface area contributed by atoms with Gasteiger partial charge in [-0.15, -0.1) is 20.5 Å². The normalized spacial score (nSPS) is 18.2. The van der Waals surface area contributed by atoms with Crippen LogP contribution >= 0.6 is 0 Å². The molecule has 0 saturated heterocycles. The maximum atomic E-state index is 3.48. The molecule has 0 fully saturated rings. The summed E-state index contributed by atoms with van der Waals surface area (Å²) in [4.78, 5) is 0. The van der Waals surface area contributed by atoms with Gasteiger partial charge in [-0.25, -0.2) is 0 Å². The predicted octanol–water partition coefficient (Wildman–Crippen LogP) is 1.40. The van der Waals surface area contributed by atoms with Crippen LogP contribution in [-0.2, 0) is 0 Å². The Morgan fingerprint density at radius 3 is 1.09 bits per heavy atom. The molecule has 0 atom stereocenters. The molecule has 8 nitrogen and oxygen atoms in total. The number of nitrogens with zero attached hydrogens (tertiary/aromatic N) is 8. The number of rotatable bonds is 0. The van der Waals surface area contributed by atoms with Crippen molar-refractivity contribution in [3.05, 3.63) is 11.6 Å². The van der Waals surface area contributed by atoms with Crippen molar-refractivity contribution in [1.29, 1.82) is 0 Å². The molecule has 0 N–H and O–H groups in total. The van der Waals surface area contributed by atoms with Crippen LogP contribution in [0.15, 0.2) is 53.0 Å². The molecule has 2 aliphatic heterocycles. The first-order valence-electron chi connectivity index (χ1n) is 2.34. The average molecular weight is 159 g/mol. The Balaban J connectivity index is 0.000000605. The van der Waals surface area contributed by atoms with Crippen LogP contribution in [0.3, 0.4) is 0 Å². The van der Waals surface area contributed by atoms with E-state index in [1.807, 2.05) is 0 Å². The fourth-order valence-electron chi connectivity index (χ4n) is 0.468. The zero-order valence-electron chi connectivity index (χ0n) is 5.58. The second-order valence-electron chi connectivity index (χ2n) is 1.40. The van der Waals surface area contributed by atoms with Gasteiger partial charge in [-0.2, -0.15) is 0 Å². The summed E-state index contributed by atoms with van der Waals surface area (Å²) in [6.45, 7) is 0. The topological polar surface area (TPSA) is 98.9 Å². The number of hydrogen-bond donors (Lipinski definition) is 0. The monoisotopic (exact) mass is 159 g/mol. The largest absolute Gasteiger partial charge is 0.248 e. The number of hydrogen-bond acceptors (Lipinski definition) is 8. The van der Waals surface area contributed by atoms with E-state index in [-0.39, 0.29) is 41.2 Å². The smallest absolute Gasteiger partial charge is 0.102 e. The summed E-state index contributed by atoms with van der Waals surface area (Å²) >= 11 is 0. The molecule has 0 spiro atoms. The second-order valence-corrected chi connectivity index (χ2v) is 1.40. The van der Waals surface area contributed by atoms with Gasteiger partial charge in [0.2, 0.25) is 11.6 Å². The molecule has 0 aliphatic carbocycles. The summed E-state index contributed by atoms with van der Waals surface area (Å²) in [5.41, 5.74) is 0. The first-order valence-corrected chi connectivity index (χ1v) is 2.34. The molecule has 2 aliphatic rings. The SMILES string of the molecule is N1=NC(=C2N=NN=N2)N=N1.[Na]. The van der Waals surface area contributed by atoms with Gasteiger partial charge in [0, 0.05) is 29.6 Å². The van der Waals surface area contributed by atoms with Crippen LogP contribution in [0.5, 0.6) is 0 Å². The van der Waals surface area contributed by atoms with Crippen molar-refractivity contribution in [3.8, 4) is 0 Å². The van der Waals surface area contributed by atoms with Gasteiger partial charge < -0.3 is 0 Å². The van der Waals surface area contributed by atoms with Gasteiger partial charge >= 0.3 is 0 Å². The Labute approximate surface area is 82.5 Å². The quantitative estimate of drug-likeness (QED) is 0.477. The summed E-state index contributed by atoms with van der Waals surface area (Å²) in [5, 5.41) is 26.9. The Morgan fingerprint density at radius 1 is 0.545 bits per heavy atom. The molecule has 0 amide bonds. The molecule has 0 aromatic carbocycles. The maximum Gasteiger partial charge on any atom is 0.248 e. The van der Waals surface area contributed by atoms with Crippen molar-refractivity contribution in [1.82, 2.24) is 0 Å². The maximum absolute atomic E-state index is 3.48. The molecule has 0 unspecified atom stereocenters. The minimum absolute atomic E-state index is 0. The third kappa shape index (κ3) is 1.59. The molecule has 0 bridgehead atoms. The van der Waals surface area contributed by atoms with E-state index in [9.17, 15) is 0 Å². The first kappa shape index (κ1) is 8.24. The van der Waals surface area contributed by atoms with Crippen molar-refractivity contribution in [2.45, 2.75) is 0 Å². The summed E-state index contributed by atoms with van der Waals surface area (Å²) in [6.07, 6.45) is 0. The minimum atomic E-state index is 0. The Morgan fingerprint density at radius 2 is 0.818 bits per heavy atom. The molecule has 2 rings (SSSR count). The van der Waals surface area contributed by atoms with E-state index in [4.69, 9.17) is 0 Å². The second kappa shape index (κ2) is 3.51. The van der Waals surface area contributed by atoms with Crippen LogP contribution in [0, 0.1) is 0 Å². The summed E-state index contributed by atoms with van der Waals surface area (Å²) in [7, 11) is 0. The van der Waals surface area contributed by atoms with Gasteiger partial charge in [-0.1, -0.05) is 0 Å². The van der Waals surface area contributed by atoms with Crippen molar-refractivity contribution < 1.29 is 0 Å². The van der Waals surface area contributed by atoms with Crippen molar-refractivity contribution >= 4 is 29.6 Å². The molecule has 9 heteroatoms. The van der Waals surface area contributed by atoms with Crippen LogP contribution in [0.2, 0.25) is 0 Å². The molecule has 2 heterocycles. The predicted molar refractivity (Wildman–Crippen MR) is 32.2 cm³/mol. The van der Waals surface area contributed by atoms with Gasteiger partial charge in [-0.05, 0) is 20.9 Å². The molecule has 1 radical (unpaired) electrons. The fraction of sp³-hybridized carbons (Fsp3) is 0. The van der Waals surface area contributed by atoms with Gasteiger partial charge in [0.25, 0.3) is 0 Å². The fourth-order valence-corrected chi connectivity index (χ4v) is 0.468. The molecule has 0 aromatic rings. The van der Waals surface area contributed by atoms with Crippen LogP contribution in [0.4, 0.5) is 0 Å². The van der Waals surface area contributed by atoms with Crippen molar-refractivity contribution in [2.24, 2.45) is 41.4 Å². The Kier molecular flexibility index (Phi) is 2.63. The Hall–Kier alpha value is -0.860. The van der Waals surface area contributed by atoms with Gasteiger partial charge in [0.1, 0.15) is 0 Å². The third-order valence-electron chi connectivity index (χ3n) is 0.838.